The van der Waals surface area contributed by atoms with Gasteiger partial charge in [0, 0.05) is 24.6 Å². The summed E-state index contributed by atoms with van der Waals surface area (Å²) in [5.74, 6) is 0. The maximum Gasteiger partial charge on any atom is 0.0417 e. The van der Waals surface area contributed by atoms with Crippen LogP contribution in [0.2, 0.25) is 5.02 Å². The summed E-state index contributed by atoms with van der Waals surface area (Å²) in [5, 5.41) is 2.04. The second kappa shape index (κ2) is 4.45. The molecule has 0 amide bonds. The Morgan fingerprint density at radius 1 is 1.00 bits per heavy atom. The second-order valence-electron chi connectivity index (χ2n) is 3.77. The van der Waals surface area contributed by atoms with E-state index in [-0.39, 0.29) is 0 Å². The zero-order valence-corrected chi connectivity index (χ0v) is 11.9. The van der Waals surface area contributed by atoms with Crippen LogP contribution in [0.15, 0.2) is 53.0 Å². The van der Waals surface area contributed by atoms with Gasteiger partial charge in [0.15, 0.2) is 0 Å². The minimum atomic E-state index is 0.752. The zero-order chi connectivity index (χ0) is 11.8. The Hall–Kier alpha value is -0.830. The van der Waals surface area contributed by atoms with Gasteiger partial charge in [0.25, 0.3) is 0 Å². The molecule has 0 aliphatic rings. The molecule has 17 heavy (non-hydrogen) atoms. The van der Waals surface area contributed by atoms with Gasteiger partial charge in [0.05, 0.1) is 0 Å². The van der Waals surface area contributed by atoms with Crippen molar-refractivity contribution in [2.75, 3.05) is 0 Å². The third-order valence-corrected chi connectivity index (χ3v) is 4.66. The highest BCUT2D eigenvalue weighted by molar-refractivity contribution is 9.10. The lowest BCUT2D eigenvalue weighted by Gasteiger charge is -2.01. The van der Waals surface area contributed by atoms with Gasteiger partial charge in [-0.1, -0.05) is 51.8 Å². The van der Waals surface area contributed by atoms with Crippen molar-refractivity contribution < 1.29 is 0 Å². The predicted octanol–water partition coefficient (Wildman–Crippen LogP) is 5.98. The molecule has 0 radical (unpaired) electrons. The highest BCUT2D eigenvalue weighted by atomic mass is 79.9. The number of fused-ring (bicyclic) bond motifs is 1. The van der Waals surface area contributed by atoms with Crippen molar-refractivity contribution in [1.29, 1.82) is 0 Å². The van der Waals surface area contributed by atoms with Crippen LogP contribution in [0.1, 0.15) is 0 Å². The molecule has 3 heteroatoms. The highest BCUT2D eigenvalue weighted by Crippen LogP contribution is 2.37. The van der Waals surface area contributed by atoms with Crippen LogP contribution in [0.25, 0.3) is 20.5 Å². The fourth-order valence-corrected chi connectivity index (χ4v) is 3.93. The fraction of sp³-hybridized carbons (Fsp3) is 0. The zero-order valence-electron chi connectivity index (χ0n) is 8.78. The molecule has 0 aliphatic carbocycles. The van der Waals surface area contributed by atoms with Crippen LogP contribution >= 0.6 is 38.9 Å². The van der Waals surface area contributed by atoms with Crippen molar-refractivity contribution in [3.63, 3.8) is 0 Å². The molecule has 0 spiro atoms. The molecule has 0 bridgehead atoms. The van der Waals surface area contributed by atoms with Crippen LogP contribution in [0.3, 0.4) is 0 Å². The Labute approximate surface area is 117 Å². The molecule has 1 aromatic heterocycles. The largest absolute Gasteiger partial charge is 0.135 e. The van der Waals surface area contributed by atoms with Gasteiger partial charge >= 0.3 is 0 Å². The minimum absolute atomic E-state index is 0.752. The smallest absolute Gasteiger partial charge is 0.0417 e. The molecule has 2 aromatic carbocycles. The number of hydrogen-bond acceptors (Lipinski definition) is 1. The van der Waals surface area contributed by atoms with E-state index in [0.717, 1.165) is 9.50 Å². The number of hydrogen-bond donors (Lipinski definition) is 0. The summed E-state index contributed by atoms with van der Waals surface area (Å²) in [6.45, 7) is 0. The van der Waals surface area contributed by atoms with E-state index in [4.69, 9.17) is 11.6 Å². The van der Waals surface area contributed by atoms with Crippen LogP contribution in [-0.4, -0.2) is 0 Å². The molecule has 3 aromatic rings. The summed E-state index contributed by atoms with van der Waals surface area (Å²) in [6, 6.07) is 16.5. The molecular formula is C14H8BrClS. The van der Waals surface area contributed by atoms with Gasteiger partial charge in [0.2, 0.25) is 0 Å². The van der Waals surface area contributed by atoms with Gasteiger partial charge < -0.3 is 0 Å². The molecule has 0 N–H and O–H groups in total. The molecule has 0 saturated heterocycles. The lowest BCUT2D eigenvalue weighted by atomic mass is 10.1. The van der Waals surface area contributed by atoms with Gasteiger partial charge in [-0.25, -0.2) is 0 Å². The Kier molecular flexibility index (Phi) is 2.95. The quantitative estimate of drug-likeness (QED) is 0.516. The Morgan fingerprint density at radius 2 is 1.82 bits per heavy atom. The van der Waals surface area contributed by atoms with Crippen molar-refractivity contribution in [1.82, 2.24) is 0 Å². The van der Waals surface area contributed by atoms with Crippen molar-refractivity contribution in [3.8, 4) is 10.4 Å². The monoisotopic (exact) mass is 322 g/mol. The van der Waals surface area contributed by atoms with Crippen LogP contribution in [-0.2, 0) is 0 Å². The molecule has 0 saturated carbocycles. The summed E-state index contributed by atoms with van der Waals surface area (Å²) in [7, 11) is 0. The third-order valence-electron chi connectivity index (χ3n) is 2.62. The van der Waals surface area contributed by atoms with Crippen LogP contribution in [0.5, 0.6) is 0 Å². The first-order chi connectivity index (χ1) is 8.24. The Morgan fingerprint density at radius 3 is 2.59 bits per heavy atom. The van der Waals surface area contributed by atoms with Crippen molar-refractivity contribution in [3.05, 3.63) is 58.0 Å². The van der Waals surface area contributed by atoms with E-state index >= 15 is 0 Å². The van der Waals surface area contributed by atoms with Crippen molar-refractivity contribution in [2.45, 2.75) is 0 Å². The van der Waals surface area contributed by atoms with Crippen molar-refractivity contribution >= 4 is 49.0 Å². The summed E-state index contributed by atoms with van der Waals surface area (Å²) in [4.78, 5) is 1.26. The third kappa shape index (κ3) is 2.13. The van der Waals surface area contributed by atoms with E-state index < -0.39 is 0 Å². The molecule has 0 unspecified atom stereocenters. The van der Waals surface area contributed by atoms with E-state index in [1.165, 1.54) is 20.5 Å². The first-order valence-electron chi connectivity index (χ1n) is 5.18. The van der Waals surface area contributed by atoms with Gasteiger partial charge in [-0.2, -0.15) is 0 Å². The molecule has 0 nitrogen and oxygen atoms in total. The molecule has 3 rings (SSSR count). The lowest BCUT2D eigenvalue weighted by molar-refractivity contribution is 1.64. The summed E-state index contributed by atoms with van der Waals surface area (Å²) in [5.41, 5.74) is 1.19. The van der Waals surface area contributed by atoms with Gasteiger partial charge in [-0.05, 0) is 29.7 Å². The summed E-state index contributed by atoms with van der Waals surface area (Å²) in [6.07, 6.45) is 0. The van der Waals surface area contributed by atoms with Crippen LogP contribution < -0.4 is 0 Å². The first-order valence-corrected chi connectivity index (χ1v) is 7.17. The van der Waals surface area contributed by atoms with Crippen LogP contribution in [0, 0.1) is 0 Å². The molecule has 84 valence electrons. The van der Waals surface area contributed by atoms with Gasteiger partial charge in [-0.3, -0.25) is 0 Å². The second-order valence-corrected chi connectivity index (χ2v) is 6.15. The molecule has 1 heterocycles. The average molecular weight is 324 g/mol. The molecule has 0 aliphatic heterocycles. The number of benzene rings is 2. The van der Waals surface area contributed by atoms with Crippen molar-refractivity contribution in [2.24, 2.45) is 0 Å². The van der Waals surface area contributed by atoms with Crippen LogP contribution in [0.4, 0.5) is 0 Å². The van der Waals surface area contributed by atoms with E-state index in [2.05, 4.69) is 52.3 Å². The van der Waals surface area contributed by atoms with E-state index in [0.29, 0.717) is 0 Å². The minimum Gasteiger partial charge on any atom is -0.135 e. The van der Waals surface area contributed by atoms with E-state index in [9.17, 15) is 0 Å². The fourth-order valence-electron chi connectivity index (χ4n) is 1.80. The Bertz CT molecular complexity index is 655. The predicted molar refractivity (Wildman–Crippen MR) is 80.0 cm³/mol. The number of thiophene rings is 1. The number of rotatable bonds is 1. The highest BCUT2D eigenvalue weighted by Gasteiger charge is 2.07. The van der Waals surface area contributed by atoms with E-state index in [1.54, 1.807) is 11.3 Å². The van der Waals surface area contributed by atoms with E-state index in [1.807, 2.05) is 12.1 Å². The Balaban J connectivity index is 2.20. The maximum atomic E-state index is 5.96. The SMILES string of the molecule is Clc1ccc(-c2cc3ccccc3s2)c(Br)c1. The van der Waals surface area contributed by atoms with Gasteiger partial charge in [0.1, 0.15) is 0 Å². The first kappa shape index (κ1) is 11.3. The topological polar surface area (TPSA) is 0 Å². The summed E-state index contributed by atoms with van der Waals surface area (Å²) < 4.78 is 2.35. The molecular weight excluding hydrogens is 316 g/mol. The normalized spacial score (nSPS) is 10.9. The number of halogens is 2. The van der Waals surface area contributed by atoms with Gasteiger partial charge in [-0.15, -0.1) is 11.3 Å². The molecule has 0 fully saturated rings. The standard InChI is InChI=1S/C14H8BrClS/c15-12-8-10(16)5-6-11(12)14-7-9-3-1-2-4-13(9)17-14/h1-8H. The summed E-state index contributed by atoms with van der Waals surface area (Å²) >= 11 is 11.3. The maximum absolute atomic E-state index is 5.96. The lowest BCUT2D eigenvalue weighted by Crippen LogP contribution is -1.74. The molecule has 0 atom stereocenters. The average Bonchev–Trinajstić information content (AvgIpc) is 2.72.